The molecule has 1 saturated heterocycles. The topological polar surface area (TPSA) is 47.3 Å². The molecular weight excluding hydrogens is 357 g/mol. The summed E-state index contributed by atoms with van der Waals surface area (Å²) in [5.74, 6) is -0.163. The highest BCUT2D eigenvalue weighted by atomic mass is 35.5. The Morgan fingerprint density at radius 1 is 0.960 bits per heavy atom. The van der Waals surface area contributed by atoms with Crippen molar-refractivity contribution in [3.05, 3.63) is 69.7 Å². The molecule has 6 heteroatoms. The number of halogens is 2. The van der Waals surface area contributed by atoms with Gasteiger partial charge in [-0.1, -0.05) is 59.6 Å². The van der Waals surface area contributed by atoms with Crippen LogP contribution < -0.4 is 0 Å². The molecule has 1 aliphatic rings. The van der Waals surface area contributed by atoms with Crippen LogP contribution in [0.4, 0.5) is 0 Å². The van der Waals surface area contributed by atoms with Crippen LogP contribution in [0.25, 0.3) is 0 Å². The molecule has 2 aromatic carbocycles. The van der Waals surface area contributed by atoms with Gasteiger partial charge in [0.1, 0.15) is 6.04 Å². The fourth-order valence-electron chi connectivity index (χ4n) is 3.05. The molecule has 1 amide bonds. The Morgan fingerprint density at radius 3 is 2.12 bits per heavy atom. The zero-order valence-electron chi connectivity index (χ0n) is 13.5. The number of amides is 1. The lowest BCUT2D eigenvalue weighted by molar-refractivity contribution is 0.0606. The maximum absolute atomic E-state index is 12.7. The molecule has 0 N–H and O–H groups in total. The minimum absolute atomic E-state index is 0.163. The van der Waals surface area contributed by atoms with Gasteiger partial charge < -0.3 is 4.90 Å². The molecule has 4 nitrogen and oxygen atoms in total. The number of rotatable bonds is 3. The van der Waals surface area contributed by atoms with E-state index in [2.05, 4.69) is 11.0 Å². The van der Waals surface area contributed by atoms with Crippen LogP contribution in [0.3, 0.4) is 0 Å². The Morgan fingerprint density at radius 2 is 1.56 bits per heavy atom. The first kappa shape index (κ1) is 17.8. The van der Waals surface area contributed by atoms with E-state index in [1.165, 1.54) is 0 Å². The lowest BCUT2D eigenvalue weighted by Crippen LogP contribution is -2.49. The second-order valence-electron chi connectivity index (χ2n) is 5.87. The molecule has 25 heavy (non-hydrogen) atoms. The number of carbonyl (C=O) groups excluding carboxylic acids is 1. The second kappa shape index (κ2) is 7.88. The van der Waals surface area contributed by atoms with Crippen LogP contribution in [0.5, 0.6) is 0 Å². The molecule has 0 spiro atoms. The summed E-state index contributed by atoms with van der Waals surface area (Å²) in [6, 6.07) is 16.8. The number of hydrogen-bond acceptors (Lipinski definition) is 3. The lowest BCUT2D eigenvalue weighted by Gasteiger charge is -2.37. The molecular formula is C19H17Cl2N3O. The van der Waals surface area contributed by atoms with E-state index in [-0.39, 0.29) is 11.9 Å². The summed E-state index contributed by atoms with van der Waals surface area (Å²) in [5.41, 5.74) is 1.32. The summed E-state index contributed by atoms with van der Waals surface area (Å²) in [4.78, 5) is 16.6. The molecule has 0 bridgehead atoms. The molecule has 0 radical (unpaired) electrons. The Balaban J connectivity index is 1.70. The van der Waals surface area contributed by atoms with Gasteiger partial charge in [-0.25, -0.2) is 0 Å². The minimum atomic E-state index is -0.303. The Labute approximate surface area is 157 Å². The van der Waals surface area contributed by atoms with Gasteiger partial charge in [-0.3, -0.25) is 9.69 Å². The number of benzene rings is 2. The van der Waals surface area contributed by atoms with Crippen LogP contribution in [0.15, 0.2) is 48.5 Å². The molecule has 1 fully saturated rings. The zero-order chi connectivity index (χ0) is 17.8. The molecule has 2 aromatic rings. The summed E-state index contributed by atoms with van der Waals surface area (Å²) in [7, 11) is 0. The van der Waals surface area contributed by atoms with E-state index in [0.717, 1.165) is 5.56 Å². The number of carbonyl (C=O) groups is 1. The molecule has 0 saturated carbocycles. The van der Waals surface area contributed by atoms with Gasteiger partial charge in [-0.15, -0.1) is 0 Å². The van der Waals surface area contributed by atoms with Gasteiger partial charge in [0.15, 0.2) is 0 Å². The number of nitriles is 1. The van der Waals surface area contributed by atoms with E-state index in [0.29, 0.717) is 41.8 Å². The Hall–Kier alpha value is -2.06. The summed E-state index contributed by atoms with van der Waals surface area (Å²) in [6.45, 7) is 2.32. The van der Waals surface area contributed by atoms with Crippen molar-refractivity contribution >= 4 is 29.1 Å². The lowest BCUT2D eigenvalue weighted by atomic mass is 10.1. The van der Waals surface area contributed by atoms with E-state index >= 15 is 0 Å². The van der Waals surface area contributed by atoms with Gasteiger partial charge in [0.05, 0.1) is 21.7 Å². The minimum Gasteiger partial charge on any atom is -0.336 e. The smallest absolute Gasteiger partial charge is 0.256 e. The third-order valence-electron chi connectivity index (χ3n) is 4.38. The van der Waals surface area contributed by atoms with Crippen LogP contribution in [-0.4, -0.2) is 41.9 Å². The number of hydrogen-bond donors (Lipinski definition) is 0. The predicted octanol–water partition coefficient (Wildman–Crippen LogP) is 4.02. The Kier molecular flexibility index (Phi) is 5.60. The normalized spacial score (nSPS) is 16.3. The number of piperazine rings is 1. The van der Waals surface area contributed by atoms with Crippen molar-refractivity contribution < 1.29 is 4.79 Å². The predicted molar refractivity (Wildman–Crippen MR) is 98.7 cm³/mol. The monoisotopic (exact) mass is 373 g/mol. The molecule has 3 rings (SSSR count). The third-order valence-corrected chi connectivity index (χ3v) is 5.01. The summed E-state index contributed by atoms with van der Waals surface area (Å²) in [5, 5.41) is 10.3. The maximum Gasteiger partial charge on any atom is 0.256 e. The average Bonchev–Trinajstić information content (AvgIpc) is 2.63. The van der Waals surface area contributed by atoms with Crippen molar-refractivity contribution in [3.63, 3.8) is 0 Å². The second-order valence-corrected chi connectivity index (χ2v) is 6.68. The number of nitrogens with zero attached hydrogens (tertiary/aromatic N) is 3. The van der Waals surface area contributed by atoms with Gasteiger partial charge in [-0.05, 0) is 17.7 Å². The largest absolute Gasteiger partial charge is 0.336 e. The summed E-state index contributed by atoms with van der Waals surface area (Å²) < 4.78 is 0. The first-order chi connectivity index (χ1) is 12.1. The maximum atomic E-state index is 12.7. The molecule has 0 aliphatic carbocycles. The highest BCUT2D eigenvalue weighted by molar-refractivity contribution is 6.39. The van der Waals surface area contributed by atoms with Crippen molar-refractivity contribution in [1.82, 2.24) is 9.80 Å². The SMILES string of the molecule is N#CC(c1ccccc1)N1CCN(C(=O)c2c(Cl)cccc2Cl)CC1. The fraction of sp³-hybridized carbons (Fsp3) is 0.263. The summed E-state index contributed by atoms with van der Waals surface area (Å²) in [6.07, 6.45) is 0. The first-order valence-electron chi connectivity index (χ1n) is 8.03. The van der Waals surface area contributed by atoms with Crippen molar-refractivity contribution in [1.29, 1.82) is 5.26 Å². The van der Waals surface area contributed by atoms with Crippen LogP contribution in [0.1, 0.15) is 22.0 Å². The molecule has 1 atom stereocenters. The van der Waals surface area contributed by atoms with Gasteiger partial charge in [0, 0.05) is 26.2 Å². The highest BCUT2D eigenvalue weighted by Crippen LogP contribution is 2.27. The molecule has 1 unspecified atom stereocenters. The molecule has 1 heterocycles. The van der Waals surface area contributed by atoms with E-state index < -0.39 is 0 Å². The van der Waals surface area contributed by atoms with Crippen LogP contribution in [0.2, 0.25) is 10.0 Å². The third kappa shape index (κ3) is 3.80. The standard InChI is InChI=1S/C19H17Cl2N3O/c20-15-7-4-8-16(21)18(15)19(25)24-11-9-23(10-12-24)17(13-22)14-5-2-1-3-6-14/h1-8,17H,9-12H2. The fourth-order valence-corrected chi connectivity index (χ4v) is 3.60. The molecule has 1 aliphatic heterocycles. The van der Waals surface area contributed by atoms with Gasteiger partial charge in [0.2, 0.25) is 0 Å². The van der Waals surface area contributed by atoms with Gasteiger partial charge >= 0.3 is 0 Å². The average molecular weight is 374 g/mol. The van der Waals surface area contributed by atoms with Crippen LogP contribution >= 0.6 is 23.2 Å². The summed E-state index contributed by atoms with van der Waals surface area (Å²) >= 11 is 12.3. The Bertz CT molecular complexity index is 776. The van der Waals surface area contributed by atoms with Crippen LogP contribution in [-0.2, 0) is 0 Å². The highest BCUT2D eigenvalue weighted by Gasteiger charge is 2.29. The van der Waals surface area contributed by atoms with Crippen molar-refractivity contribution in [2.45, 2.75) is 6.04 Å². The zero-order valence-corrected chi connectivity index (χ0v) is 15.0. The van der Waals surface area contributed by atoms with Crippen molar-refractivity contribution in [2.24, 2.45) is 0 Å². The molecule has 128 valence electrons. The van der Waals surface area contributed by atoms with Crippen molar-refractivity contribution in [3.8, 4) is 6.07 Å². The van der Waals surface area contributed by atoms with Gasteiger partial charge in [0.25, 0.3) is 5.91 Å². The van der Waals surface area contributed by atoms with Crippen LogP contribution in [0, 0.1) is 11.3 Å². The first-order valence-corrected chi connectivity index (χ1v) is 8.79. The van der Waals surface area contributed by atoms with E-state index in [4.69, 9.17) is 23.2 Å². The molecule has 0 aromatic heterocycles. The van der Waals surface area contributed by atoms with Gasteiger partial charge in [-0.2, -0.15) is 5.26 Å². The van der Waals surface area contributed by atoms with E-state index in [1.807, 2.05) is 30.3 Å². The quantitative estimate of drug-likeness (QED) is 0.816. The van der Waals surface area contributed by atoms with E-state index in [9.17, 15) is 10.1 Å². The van der Waals surface area contributed by atoms with E-state index in [1.54, 1.807) is 23.1 Å². The van der Waals surface area contributed by atoms with Crippen molar-refractivity contribution in [2.75, 3.05) is 26.2 Å².